The molecule has 0 unspecified atom stereocenters. The Morgan fingerprint density at radius 1 is 1.33 bits per heavy atom. The van der Waals surface area contributed by atoms with Crippen LogP contribution in [0.2, 0.25) is 0 Å². The molecule has 0 bridgehead atoms. The fraction of sp³-hybridized carbons (Fsp3) is 0.231. The molecule has 2 N–H and O–H groups in total. The van der Waals surface area contributed by atoms with Crippen molar-refractivity contribution in [2.45, 2.75) is 11.4 Å². The van der Waals surface area contributed by atoms with Gasteiger partial charge >= 0.3 is 0 Å². The first-order valence-corrected chi connectivity index (χ1v) is 9.21. The number of ether oxygens (including phenoxy) is 1. The molecule has 114 valence electrons. The molecule has 0 aliphatic rings. The van der Waals surface area contributed by atoms with E-state index >= 15 is 0 Å². The first-order valence-electron chi connectivity index (χ1n) is 6.05. The first-order chi connectivity index (χ1) is 9.97. The van der Waals surface area contributed by atoms with E-state index in [-0.39, 0.29) is 0 Å². The van der Waals surface area contributed by atoms with Gasteiger partial charge in [-0.25, -0.2) is 8.42 Å². The molecule has 2 aromatic rings. The smallest absolute Gasteiger partial charge is 0.263 e. The van der Waals surface area contributed by atoms with Crippen LogP contribution in [-0.2, 0) is 16.6 Å². The van der Waals surface area contributed by atoms with E-state index in [0.29, 0.717) is 27.3 Å². The van der Waals surface area contributed by atoms with Crippen LogP contribution in [0.1, 0.15) is 4.88 Å². The Labute approximate surface area is 136 Å². The van der Waals surface area contributed by atoms with Gasteiger partial charge < -0.3 is 10.1 Å². The maximum Gasteiger partial charge on any atom is 0.263 e. The van der Waals surface area contributed by atoms with Gasteiger partial charge in [-0.3, -0.25) is 4.72 Å². The number of sulfonamides is 1. The Kier molecular flexibility index (Phi) is 5.26. The van der Waals surface area contributed by atoms with E-state index in [1.165, 1.54) is 11.3 Å². The Balaban J connectivity index is 2.29. The van der Waals surface area contributed by atoms with E-state index in [4.69, 9.17) is 4.74 Å². The maximum atomic E-state index is 12.4. The van der Waals surface area contributed by atoms with Crippen molar-refractivity contribution in [1.29, 1.82) is 0 Å². The second kappa shape index (κ2) is 6.78. The minimum absolute atomic E-state index is 0.300. The predicted octanol–water partition coefficient (Wildman–Crippen LogP) is 3.04. The second-order valence-corrected chi connectivity index (χ2v) is 7.70. The topological polar surface area (TPSA) is 67.4 Å². The average Bonchev–Trinajstić information content (AvgIpc) is 2.88. The van der Waals surface area contributed by atoms with Crippen LogP contribution in [0, 0.1) is 0 Å². The number of nitrogens with one attached hydrogen (secondary N) is 2. The van der Waals surface area contributed by atoms with Gasteiger partial charge in [0.15, 0.2) is 0 Å². The van der Waals surface area contributed by atoms with E-state index in [9.17, 15) is 8.42 Å². The summed E-state index contributed by atoms with van der Waals surface area (Å²) in [6.07, 6.45) is 0. The van der Waals surface area contributed by atoms with Crippen LogP contribution in [0.25, 0.3) is 0 Å². The minimum atomic E-state index is -3.60. The predicted molar refractivity (Wildman–Crippen MR) is 88.6 cm³/mol. The normalized spacial score (nSPS) is 11.4. The van der Waals surface area contributed by atoms with Gasteiger partial charge in [0.2, 0.25) is 0 Å². The van der Waals surface area contributed by atoms with Crippen molar-refractivity contribution >= 4 is 43.0 Å². The lowest BCUT2D eigenvalue weighted by atomic mass is 10.3. The Morgan fingerprint density at radius 3 is 2.71 bits per heavy atom. The van der Waals surface area contributed by atoms with Crippen molar-refractivity contribution in [3.8, 4) is 5.75 Å². The number of hydrogen-bond donors (Lipinski definition) is 2. The molecule has 0 radical (unpaired) electrons. The first kappa shape index (κ1) is 16.3. The molecular weight excluding hydrogens is 376 g/mol. The lowest BCUT2D eigenvalue weighted by Gasteiger charge is -2.10. The molecule has 0 aliphatic carbocycles. The van der Waals surface area contributed by atoms with Crippen LogP contribution in [0.15, 0.2) is 39.0 Å². The Morgan fingerprint density at radius 2 is 2.10 bits per heavy atom. The molecule has 0 saturated carbocycles. The average molecular weight is 391 g/mol. The Hall–Kier alpha value is -1.09. The van der Waals surface area contributed by atoms with E-state index < -0.39 is 10.0 Å². The van der Waals surface area contributed by atoms with Crippen molar-refractivity contribution < 1.29 is 13.2 Å². The summed E-state index contributed by atoms with van der Waals surface area (Å²) in [7, 11) is -0.264. The summed E-state index contributed by atoms with van der Waals surface area (Å²) in [5.41, 5.74) is 0.476. The summed E-state index contributed by atoms with van der Waals surface area (Å²) < 4.78 is 33.3. The van der Waals surface area contributed by atoms with Gasteiger partial charge in [0.05, 0.1) is 17.3 Å². The lowest BCUT2D eigenvalue weighted by Crippen LogP contribution is -2.15. The number of thiophene rings is 1. The molecule has 1 heterocycles. The third-order valence-electron chi connectivity index (χ3n) is 2.74. The standard InChI is InChI=1S/C13H15BrN2O3S2/c1-15-8-12-13(5-6-20-12)21(17,18)16-9-3-4-11(19-2)10(14)7-9/h3-7,15-16H,8H2,1-2H3. The highest BCUT2D eigenvalue weighted by Crippen LogP contribution is 2.30. The number of benzene rings is 1. The zero-order valence-electron chi connectivity index (χ0n) is 11.5. The lowest BCUT2D eigenvalue weighted by molar-refractivity contribution is 0.412. The van der Waals surface area contributed by atoms with Gasteiger partial charge in [-0.05, 0) is 52.6 Å². The summed E-state index contributed by atoms with van der Waals surface area (Å²) in [5.74, 6) is 0.643. The van der Waals surface area contributed by atoms with Gasteiger partial charge in [-0.15, -0.1) is 11.3 Å². The molecule has 1 aromatic heterocycles. The van der Waals surface area contributed by atoms with Gasteiger partial charge in [-0.2, -0.15) is 0 Å². The third kappa shape index (κ3) is 3.76. The van der Waals surface area contributed by atoms with Crippen LogP contribution in [0.4, 0.5) is 5.69 Å². The highest BCUT2D eigenvalue weighted by atomic mass is 79.9. The number of methoxy groups -OCH3 is 1. The maximum absolute atomic E-state index is 12.4. The van der Waals surface area contributed by atoms with Crippen LogP contribution in [-0.4, -0.2) is 22.6 Å². The summed E-state index contributed by atoms with van der Waals surface area (Å²) in [6, 6.07) is 6.63. The summed E-state index contributed by atoms with van der Waals surface area (Å²) in [4.78, 5) is 1.08. The largest absolute Gasteiger partial charge is 0.496 e. The van der Waals surface area contributed by atoms with Crippen molar-refractivity contribution in [3.05, 3.63) is 39.0 Å². The molecule has 0 aliphatic heterocycles. The number of halogens is 1. The summed E-state index contributed by atoms with van der Waals surface area (Å²) >= 11 is 4.75. The molecular formula is C13H15BrN2O3S2. The van der Waals surface area contributed by atoms with Gasteiger partial charge in [0.25, 0.3) is 10.0 Å². The fourth-order valence-corrected chi connectivity index (χ4v) is 4.84. The second-order valence-electron chi connectivity index (χ2n) is 4.19. The van der Waals surface area contributed by atoms with E-state index in [1.807, 2.05) is 0 Å². The van der Waals surface area contributed by atoms with Crippen molar-refractivity contribution in [2.24, 2.45) is 0 Å². The zero-order chi connectivity index (χ0) is 15.5. The van der Waals surface area contributed by atoms with Crippen LogP contribution >= 0.6 is 27.3 Å². The fourth-order valence-electron chi connectivity index (χ4n) is 1.80. The monoisotopic (exact) mass is 390 g/mol. The van der Waals surface area contributed by atoms with Crippen molar-refractivity contribution in [2.75, 3.05) is 18.9 Å². The highest BCUT2D eigenvalue weighted by molar-refractivity contribution is 9.10. The van der Waals surface area contributed by atoms with Crippen LogP contribution in [0.3, 0.4) is 0 Å². The number of anilines is 1. The molecule has 0 spiro atoms. The van der Waals surface area contributed by atoms with Crippen molar-refractivity contribution in [3.63, 3.8) is 0 Å². The summed E-state index contributed by atoms with van der Waals surface area (Å²) in [5, 5.41) is 4.73. The minimum Gasteiger partial charge on any atom is -0.496 e. The molecule has 2 rings (SSSR count). The molecule has 21 heavy (non-hydrogen) atoms. The van der Waals surface area contributed by atoms with Crippen LogP contribution in [0.5, 0.6) is 5.75 Å². The number of hydrogen-bond acceptors (Lipinski definition) is 5. The molecule has 0 amide bonds. The molecule has 0 saturated heterocycles. The van der Waals surface area contributed by atoms with Gasteiger partial charge in [-0.1, -0.05) is 0 Å². The quantitative estimate of drug-likeness (QED) is 0.795. The van der Waals surface area contributed by atoms with E-state index in [1.54, 1.807) is 43.8 Å². The van der Waals surface area contributed by atoms with E-state index in [2.05, 4.69) is 26.0 Å². The highest BCUT2D eigenvalue weighted by Gasteiger charge is 2.19. The van der Waals surface area contributed by atoms with Crippen LogP contribution < -0.4 is 14.8 Å². The molecule has 0 fully saturated rings. The SMILES string of the molecule is CNCc1sccc1S(=O)(=O)Nc1ccc(OC)c(Br)c1. The van der Waals surface area contributed by atoms with Gasteiger partial charge in [0, 0.05) is 11.4 Å². The zero-order valence-corrected chi connectivity index (χ0v) is 14.7. The Bertz CT molecular complexity index is 729. The third-order valence-corrected chi connectivity index (χ3v) is 5.87. The van der Waals surface area contributed by atoms with Crippen molar-refractivity contribution in [1.82, 2.24) is 5.32 Å². The molecule has 1 aromatic carbocycles. The molecule has 8 heteroatoms. The molecule has 0 atom stereocenters. The number of rotatable bonds is 6. The van der Waals surface area contributed by atoms with E-state index in [0.717, 1.165) is 4.88 Å². The summed E-state index contributed by atoms with van der Waals surface area (Å²) in [6.45, 7) is 0.514. The van der Waals surface area contributed by atoms with Gasteiger partial charge in [0.1, 0.15) is 10.6 Å². The molecule has 5 nitrogen and oxygen atoms in total.